The number of hydrogen-bond donors (Lipinski definition) is 1. The summed E-state index contributed by atoms with van der Waals surface area (Å²) in [5.74, 6) is 2.89. The number of allylic oxidation sites excluding steroid dienone is 5. The van der Waals surface area contributed by atoms with Crippen LogP contribution >= 0.6 is 10.0 Å². The number of aryl methyl sites for hydroxylation is 2. The summed E-state index contributed by atoms with van der Waals surface area (Å²) in [6, 6.07) is 4.90. The van der Waals surface area contributed by atoms with Crippen molar-refractivity contribution in [3.05, 3.63) is 82.6 Å². The number of benzene rings is 1. The van der Waals surface area contributed by atoms with Crippen LogP contribution in [0.25, 0.3) is 0 Å². The highest BCUT2D eigenvalue weighted by molar-refractivity contribution is 8.39. The van der Waals surface area contributed by atoms with Crippen LogP contribution < -0.4 is 5.32 Å². The number of carbonyl (C=O) groups excluding carboxylic acids is 1. The standard InChI is InChI=1S/C30H43NOS.C4H10.C3H6/c1-7-8-9-12-23-17-22(4)28(24-13-10-11-20(2)14-24)25(18-23)15-21(3)16-26-29(30(32)31-26)27-19-33(27,5)6;1-4(2)3;1-3-2/h14,16-18,24,27,29H,3,7-13,15,19H2,1-2,4-6H3,(H,31,32);4H,1-3H3;3H,1H2,2H3/b26-16-;;. The van der Waals surface area contributed by atoms with Gasteiger partial charge in [0.1, 0.15) is 0 Å². The lowest BCUT2D eigenvalue weighted by Crippen LogP contribution is -2.49. The van der Waals surface area contributed by atoms with E-state index in [0.717, 1.165) is 30.0 Å². The zero-order valence-electron chi connectivity index (χ0n) is 27.3. The van der Waals surface area contributed by atoms with E-state index < -0.39 is 10.0 Å². The maximum Gasteiger partial charge on any atom is 0.234 e. The molecule has 3 aliphatic rings. The molecule has 3 heteroatoms. The summed E-state index contributed by atoms with van der Waals surface area (Å²) >= 11 is 0. The Morgan fingerprint density at radius 1 is 1.18 bits per heavy atom. The van der Waals surface area contributed by atoms with Gasteiger partial charge < -0.3 is 5.32 Å². The second kappa shape index (κ2) is 15.9. The Bertz CT molecular complexity index is 1090. The van der Waals surface area contributed by atoms with E-state index in [-0.39, 0.29) is 11.8 Å². The number of β-lactam (4-membered cyclic amide) rings is 1. The van der Waals surface area contributed by atoms with Gasteiger partial charge >= 0.3 is 0 Å². The van der Waals surface area contributed by atoms with Crippen molar-refractivity contribution in [1.82, 2.24) is 5.32 Å². The first-order chi connectivity index (χ1) is 18.8. The third-order valence-corrected chi connectivity index (χ3v) is 10.7. The van der Waals surface area contributed by atoms with Gasteiger partial charge in [-0.25, -0.2) is 10.0 Å². The van der Waals surface area contributed by atoms with Gasteiger partial charge in [0.2, 0.25) is 5.91 Å². The van der Waals surface area contributed by atoms with Gasteiger partial charge in [-0.3, -0.25) is 4.79 Å². The molecular weight excluding hydrogens is 506 g/mol. The Morgan fingerprint density at radius 2 is 1.80 bits per heavy atom. The Hall–Kier alpha value is -2.00. The summed E-state index contributed by atoms with van der Waals surface area (Å²) in [5, 5.41) is 3.64. The van der Waals surface area contributed by atoms with Crippen LogP contribution in [-0.2, 0) is 17.6 Å². The summed E-state index contributed by atoms with van der Waals surface area (Å²) in [6.07, 6.45) is 20.7. The highest BCUT2D eigenvalue weighted by Crippen LogP contribution is 2.66. The zero-order valence-corrected chi connectivity index (χ0v) is 28.1. The average molecular weight is 566 g/mol. The minimum Gasteiger partial charge on any atom is -0.328 e. The molecule has 1 aromatic carbocycles. The average Bonchev–Trinajstić information content (AvgIpc) is 3.44. The van der Waals surface area contributed by atoms with E-state index >= 15 is 0 Å². The molecule has 1 aliphatic carbocycles. The maximum absolute atomic E-state index is 12.3. The Labute approximate surface area is 249 Å². The number of amides is 1. The maximum atomic E-state index is 12.3. The van der Waals surface area contributed by atoms with Crippen molar-refractivity contribution in [2.75, 3.05) is 18.3 Å². The minimum absolute atomic E-state index is 0.0947. The Balaban J connectivity index is 0.000000722. The molecule has 2 nitrogen and oxygen atoms in total. The van der Waals surface area contributed by atoms with E-state index in [9.17, 15) is 4.79 Å². The highest BCUT2D eigenvalue weighted by Gasteiger charge is 2.54. The summed E-state index contributed by atoms with van der Waals surface area (Å²) in [4.78, 5) is 12.3. The van der Waals surface area contributed by atoms with Crippen molar-refractivity contribution in [2.24, 2.45) is 11.8 Å². The van der Waals surface area contributed by atoms with Gasteiger partial charge in [-0.05, 0) is 117 Å². The van der Waals surface area contributed by atoms with Crippen molar-refractivity contribution >= 4 is 15.9 Å². The van der Waals surface area contributed by atoms with Crippen molar-refractivity contribution in [3.8, 4) is 0 Å². The van der Waals surface area contributed by atoms with Crippen LogP contribution in [0.4, 0.5) is 0 Å². The molecule has 2 heterocycles. The van der Waals surface area contributed by atoms with Gasteiger partial charge in [0.25, 0.3) is 0 Å². The van der Waals surface area contributed by atoms with Gasteiger partial charge in [-0.15, -0.1) is 6.58 Å². The van der Waals surface area contributed by atoms with Gasteiger partial charge in [0.05, 0.1) is 5.92 Å². The first-order valence-corrected chi connectivity index (χ1v) is 18.3. The smallest absolute Gasteiger partial charge is 0.234 e. The summed E-state index contributed by atoms with van der Waals surface area (Å²) in [6.45, 7) is 23.1. The molecule has 2 fully saturated rings. The molecule has 0 spiro atoms. The summed E-state index contributed by atoms with van der Waals surface area (Å²) in [5.41, 5.74) is 9.63. The number of unbranched alkanes of at least 4 members (excludes halogenated alkanes) is 2. The third-order valence-electron chi connectivity index (χ3n) is 7.88. The second-order valence-electron chi connectivity index (χ2n) is 13.3. The molecule has 0 saturated carbocycles. The molecule has 3 atom stereocenters. The number of hydrogen-bond acceptors (Lipinski definition) is 1. The highest BCUT2D eigenvalue weighted by atomic mass is 32.3. The normalized spacial score (nSPS) is 24.4. The molecule has 2 saturated heterocycles. The largest absolute Gasteiger partial charge is 0.328 e. The lowest BCUT2D eigenvalue weighted by molar-refractivity contribution is -0.127. The van der Waals surface area contributed by atoms with Gasteiger partial charge in [-0.2, -0.15) is 0 Å². The zero-order chi connectivity index (χ0) is 30.0. The fourth-order valence-corrected chi connectivity index (χ4v) is 8.70. The number of nitrogens with one attached hydrogen (secondary N) is 1. The van der Waals surface area contributed by atoms with Crippen LogP contribution in [0.1, 0.15) is 108 Å². The predicted molar refractivity (Wildman–Crippen MR) is 182 cm³/mol. The minimum atomic E-state index is -0.565. The first-order valence-electron chi connectivity index (χ1n) is 15.6. The van der Waals surface area contributed by atoms with Crippen LogP contribution in [0, 0.1) is 18.8 Å². The monoisotopic (exact) mass is 565 g/mol. The van der Waals surface area contributed by atoms with E-state index in [1.807, 2.05) is 6.92 Å². The van der Waals surface area contributed by atoms with Gasteiger partial charge in [0.15, 0.2) is 0 Å². The van der Waals surface area contributed by atoms with Crippen LogP contribution in [0.2, 0.25) is 0 Å². The Kier molecular flexibility index (Phi) is 13.6. The van der Waals surface area contributed by atoms with Gasteiger partial charge in [0, 0.05) is 16.9 Å². The molecule has 4 rings (SSSR count). The molecule has 224 valence electrons. The molecule has 3 unspecified atom stereocenters. The van der Waals surface area contributed by atoms with Gasteiger partial charge in [-0.1, -0.05) is 77.0 Å². The van der Waals surface area contributed by atoms with E-state index in [1.165, 1.54) is 72.1 Å². The molecule has 0 aromatic heterocycles. The van der Waals surface area contributed by atoms with E-state index in [2.05, 4.69) is 96.8 Å². The van der Waals surface area contributed by atoms with Crippen molar-refractivity contribution in [3.63, 3.8) is 0 Å². The quantitative estimate of drug-likeness (QED) is 0.137. The third kappa shape index (κ3) is 10.1. The van der Waals surface area contributed by atoms with Crippen LogP contribution in [-0.4, -0.2) is 29.4 Å². The van der Waals surface area contributed by atoms with Crippen LogP contribution in [0.3, 0.4) is 0 Å². The van der Waals surface area contributed by atoms with E-state index in [0.29, 0.717) is 11.2 Å². The second-order valence-corrected chi connectivity index (χ2v) is 17.5. The first kappa shape index (κ1) is 34.2. The Morgan fingerprint density at radius 3 is 2.33 bits per heavy atom. The molecule has 1 amide bonds. The lowest BCUT2D eigenvalue weighted by Gasteiger charge is -2.32. The fourth-order valence-electron chi connectivity index (χ4n) is 5.91. The SMILES string of the molecule is C=C(/C=C1\NC(=O)C1C1CS1(C)C)Cc1cc(CCCCC)cc(C)c1C1C=C(C)CCC1.C=CC.CC(C)C. The van der Waals surface area contributed by atoms with Crippen molar-refractivity contribution < 1.29 is 4.79 Å². The lowest BCUT2D eigenvalue weighted by atomic mass is 9.79. The van der Waals surface area contributed by atoms with Crippen molar-refractivity contribution in [1.29, 1.82) is 0 Å². The molecule has 40 heavy (non-hydrogen) atoms. The topological polar surface area (TPSA) is 29.1 Å². The van der Waals surface area contributed by atoms with E-state index in [1.54, 1.807) is 6.08 Å². The summed E-state index contributed by atoms with van der Waals surface area (Å²) in [7, 11) is -0.565. The number of carbonyl (C=O) groups is 1. The molecule has 0 bridgehead atoms. The van der Waals surface area contributed by atoms with Crippen LogP contribution in [0.15, 0.2) is 60.4 Å². The summed E-state index contributed by atoms with van der Waals surface area (Å²) < 4.78 is 0. The molecular formula is C37H59NOS. The molecule has 1 N–H and O–H groups in total. The fraction of sp³-hybridized carbons (Fsp3) is 0.595. The number of rotatable bonds is 9. The predicted octanol–water partition coefficient (Wildman–Crippen LogP) is 9.97. The molecule has 1 aromatic rings. The van der Waals surface area contributed by atoms with E-state index in [4.69, 9.17) is 0 Å². The molecule has 0 radical (unpaired) electrons. The molecule has 2 aliphatic heterocycles. The van der Waals surface area contributed by atoms with Crippen LogP contribution in [0.5, 0.6) is 0 Å². The van der Waals surface area contributed by atoms with Crippen molar-refractivity contribution in [2.45, 2.75) is 111 Å².